The third-order valence-corrected chi connectivity index (χ3v) is 6.15. The topological polar surface area (TPSA) is 82.4 Å². The van der Waals surface area contributed by atoms with E-state index in [0.717, 1.165) is 22.4 Å². The standard InChI is InChI=1S/C25H27N3O4/c1-4-17-15-18(6-8-21(17)26-2)20-7-5-19(16-22(20)32-3)23(29)27-11-13-28(14-12-27)24(30)25(31)9-10-25/h4-8,15-16,31H,1-2,9-14H2,3H3. The van der Waals surface area contributed by atoms with Gasteiger partial charge in [-0.15, -0.1) is 0 Å². The molecular weight excluding hydrogens is 406 g/mol. The van der Waals surface area contributed by atoms with Crippen molar-refractivity contribution in [2.45, 2.75) is 18.4 Å². The van der Waals surface area contributed by atoms with E-state index in [0.29, 0.717) is 50.3 Å². The molecule has 0 spiro atoms. The summed E-state index contributed by atoms with van der Waals surface area (Å²) in [5.41, 5.74) is 2.76. The zero-order chi connectivity index (χ0) is 22.9. The van der Waals surface area contributed by atoms with E-state index < -0.39 is 5.60 Å². The zero-order valence-corrected chi connectivity index (χ0v) is 18.2. The van der Waals surface area contributed by atoms with Gasteiger partial charge in [0.15, 0.2) is 0 Å². The van der Waals surface area contributed by atoms with Crippen molar-refractivity contribution in [3.05, 3.63) is 54.1 Å². The number of carbonyl (C=O) groups is 2. The van der Waals surface area contributed by atoms with Crippen molar-refractivity contribution in [2.75, 3.05) is 33.3 Å². The molecule has 2 amide bonds. The molecule has 32 heavy (non-hydrogen) atoms. The van der Waals surface area contributed by atoms with Crippen molar-refractivity contribution in [1.82, 2.24) is 9.80 Å². The Morgan fingerprint density at radius 2 is 1.78 bits per heavy atom. The smallest absolute Gasteiger partial charge is 0.254 e. The van der Waals surface area contributed by atoms with Crippen LogP contribution in [-0.4, -0.2) is 72.3 Å². The van der Waals surface area contributed by atoms with Gasteiger partial charge in [-0.3, -0.25) is 14.6 Å². The van der Waals surface area contributed by atoms with Crippen LogP contribution in [0.2, 0.25) is 0 Å². The maximum Gasteiger partial charge on any atom is 0.254 e. The van der Waals surface area contributed by atoms with Gasteiger partial charge in [0.2, 0.25) is 0 Å². The highest BCUT2D eigenvalue weighted by Gasteiger charge is 2.50. The molecule has 1 heterocycles. The quantitative estimate of drug-likeness (QED) is 0.710. The maximum atomic E-state index is 13.1. The van der Waals surface area contributed by atoms with E-state index in [1.807, 2.05) is 24.3 Å². The first-order valence-corrected chi connectivity index (χ1v) is 10.6. The van der Waals surface area contributed by atoms with Crippen LogP contribution in [0.1, 0.15) is 28.8 Å². The second-order valence-electron chi connectivity index (χ2n) is 8.17. The fraction of sp³-hybridized carbons (Fsp3) is 0.320. The predicted octanol–water partition coefficient (Wildman–Crippen LogP) is 3.15. The lowest BCUT2D eigenvalue weighted by molar-refractivity contribution is -0.143. The van der Waals surface area contributed by atoms with Gasteiger partial charge < -0.3 is 19.6 Å². The van der Waals surface area contributed by atoms with Crippen molar-refractivity contribution in [3.8, 4) is 16.9 Å². The van der Waals surface area contributed by atoms with Gasteiger partial charge in [0.05, 0.1) is 12.8 Å². The van der Waals surface area contributed by atoms with Gasteiger partial charge in [0.25, 0.3) is 11.8 Å². The lowest BCUT2D eigenvalue weighted by Crippen LogP contribution is -2.53. The van der Waals surface area contributed by atoms with Crippen molar-refractivity contribution in [1.29, 1.82) is 0 Å². The van der Waals surface area contributed by atoms with Crippen LogP contribution in [0, 0.1) is 0 Å². The first-order valence-electron chi connectivity index (χ1n) is 10.6. The highest BCUT2D eigenvalue weighted by atomic mass is 16.5. The SMILES string of the molecule is C=Cc1cc(-c2ccc(C(=O)N3CCN(C(=O)C4(O)CC4)CC3)cc2OC)ccc1N=C. The Morgan fingerprint density at radius 3 is 2.38 bits per heavy atom. The van der Waals surface area contributed by atoms with Gasteiger partial charge >= 0.3 is 0 Å². The summed E-state index contributed by atoms with van der Waals surface area (Å²) in [6.07, 6.45) is 2.78. The summed E-state index contributed by atoms with van der Waals surface area (Å²) in [5.74, 6) is 0.271. The minimum Gasteiger partial charge on any atom is -0.496 e. The van der Waals surface area contributed by atoms with Crippen LogP contribution < -0.4 is 4.74 Å². The molecule has 2 aromatic carbocycles. The van der Waals surface area contributed by atoms with Crippen molar-refractivity contribution >= 4 is 30.3 Å². The Hall–Kier alpha value is -3.45. The summed E-state index contributed by atoms with van der Waals surface area (Å²) in [7, 11) is 1.58. The van der Waals surface area contributed by atoms with Crippen molar-refractivity contribution in [3.63, 3.8) is 0 Å². The predicted molar refractivity (Wildman–Crippen MR) is 124 cm³/mol. The highest BCUT2D eigenvalue weighted by Crippen LogP contribution is 2.37. The Kier molecular flexibility index (Phi) is 5.84. The van der Waals surface area contributed by atoms with Crippen LogP contribution in [0.5, 0.6) is 5.75 Å². The molecule has 0 bridgehead atoms. The molecule has 7 nitrogen and oxygen atoms in total. The van der Waals surface area contributed by atoms with Crippen molar-refractivity contribution < 1.29 is 19.4 Å². The van der Waals surface area contributed by atoms with Gasteiger partial charge in [-0.05, 0) is 55.5 Å². The van der Waals surface area contributed by atoms with E-state index in [-0.39, 0.29) is 11.8 Å². The fourth-order valence-electron chi connectivity index (χ4n) is 4.01. The molecule has 0 radical (unpaired) electrons. The number of amides is 2. The van der Waals surface area contributed by atoms with E-state index >= 15 is 0 Å². The van der Waals surface area contributed by atoms with Crippen LogP contribution in [-0.2, 0) is 4.79 Å². The maximum absolute atomic E-state index is 13.1. The van der Waals surface area contributed by atoms with E-state index in [1.165, 1.54) is 0 Å². The molecular formula is C25H27N3O4. The Labute approximate surface area is 187 Å². The summed E-state index contributed by atoms with van der Waals surface area (Å²) in [5, 5.41) is 10.0. The minimum atomic E-state index is -1.17. The van der Waals surface area contributed by atoms with Crippen LogP contribution in [0.4, 0.5) is 5.69 Å². The lowest BCUT2D eigenvalue weighted by Gasteiger charge is -2.35. The van der Waals surface area contributed by atoms with Gasteiger partial charge in [-0.1, -0.05) is 18.7 Å². The number of aliphatic hydroxyl groups is 1. The van der Waals surface area contributed by atoms with Crippen molar-refractivity contribution in [2.24, 2.45) is 4.99 Å². The molecule has 1 aliphatic carbocycles. The molecule has 2 aromatic rings. The molecule has 1 aliphatic heterocycles. The normalized spacial score (nSPS) is 16.9. The number of nitrogens with zero attached hydrogens (tertiary/aromatic N) is 3. The number of hydrogen-bond acceptors (Lipinski definition) is 5. The number of methoxy groups -OCH3 is 1. The first kappa shape index (κ1) is 21.8. The van der Waals surface area contributed by atoms with Crippen LogP contribution >= 0.6 is 0 Å². The minimum absolute atomic E-state index is 0.106. The molecule has 0 unspecified atom stereocenters. The fourth-order valence-corrected chi connectivity index (χ4v) is 4.01. The van der Waals surface area contributed by atoms with Gasteiger partial charge in [-0.2, -0.15) is 0 Å². The summed E-state index contributed by atoms with van der Waals surface area (Å²) in [6, 6.07) is 11.2. The number of carbonyl (C=O) groups excluding carboxylic acids is 2. The summed E-state index contributed by atoms with van der Waals surface area (Å²) >= 11 is 0. The Bertz CT molecular complexity index is 1080. The third-order valence-electron chi connectivity index (χ3n) is 6.15. The number of ether oxygens (including phenoxy) is 1. The largest absolute Gasteiger partial charge is 0.496 e. The number of piperazine rings is 1. The molecule has 1 N–H and O–H groups in total. The second kappa shape index (κ2) is 8.59. The number of hydrogen-bond donors (Lipinski definition) is 1. The molecule has 4 rings (SSSR count). The van der Waals surface area contributed by atoms with E-state index in [1.54, 1.807) is 35.1 Å². The number of benzene rings is 2. The molecule has 0 aromatic heterocycles. The average molecular weight is 434 g/mol. The van der Waals surface area contributed by atoms with E-state index in [9.17, 15) is 14.7 Å². The molecule has 1 saturated carbocycles. The van der Waals surface area contributed by atoms with Crippen LogP contribution in [0.15, 0.2) is 48.0 Å². The Morgan fingerprint density at radius 1 is 1.09 bits per heavy atom. The molecule has 7 heteroatoms. The van der Waals surface area contributed by atoms with Gasteiger partial charge in [0.1, 0.15) is 11.4 Å². The van der Waals surface area contributed by atoms with Gasteiger partial charge in [-0.25, -0.2) is 0 Å². The first-order chi connectivity index (χ1) is 15.4. The zero-order valence-electron chi connectivity index (χ0n) is 18.2. The van der Waals surface area contributed by atoms with E-state index in [2.05, 4.69) is 18.3 Å². The van der Waals surface area contributed by atoms with Crippen LogP contribution in [0.3, 0.4) is 0 Å². The summed E-state index contributed by atoms with van der Waals surface area (Å²) in [6.45, 7) is 9.13. The molecule has 166 valence electrons. The number of rotatable bonds is 6. The number of aliphatic imine (C=N–C) groups is 1. The molecule has 2 aliphatic rings. The summed E-state index contributed by atoms with van der Waals surface area (Å²) in [4.78, 5) is 32.8. The van der Waals surface area contributed by atoms with Crippen LogP contribution in [0.25, 0.3) is 17.2 Å². The highest BCUT2D eigenvalue weighted by molar-refractivity contribution is 5.96. The molecule has 0 atom stereocenters. The third kappa shape index (κ3) is 4.03. The Balaban J connectivity index is 1.50. The molecule has 2 fully saturated rings. The monoisotopic (exact) mass is 433 g/mol. The second-order valence-corrected chi connectivity index (χ2v) is 8.17. The van der Waals surface area contributed by atoms with E-state index in [4.69, 9.17) is 4.74 Å². The van der Waals surface area contributed by atoms with Gasteiger partial charge in [0, 0.05) is 42.9 Å². The average Bonchev–Trinajstić information content (AvgIpc) is 3.60. The lowest BCUT2D eigenvalue weighted by atomic mass is 9.99. The summed E-state index contributed by atoms with van der Waals surface area (Å²) < 4.78 is 5.59. The molecule has 1 saturated heterocycles.